The molecule has 0 amide bonds. The van der Waals surface area contributed by atoms with E-state index >= 15 is 0 Å². The van der Waals surface area contributed by atoms with Gasteiger partial charge in [0, 0.05) is 7.11 Å². The number of hydrogen-bond acceptors (Lipinski definition) is 4. The third-order valence-corrected chi connectivity index (χ3v) is 2.14. The van der Waals surface area contributed by atoms with Crippen molar-refractivity contribution in [3.05, 3.63) is 29.8 Å². The molecule has 2 atom stereocenters. The van der Waals surface area contributed by atoms with Crippen molar-refractivity contribution in [2.24, 2.45) is 0 Å². The van der Waals surface area contributed by atoms with Gasteiger partial charge in [-0.15, -0.1) is 0 Å². The molecular formula is C12H18O4. The smallest absolute Gasteiger partial charge is 0.119 e. The van der Waals surface area contributed by atoms with Gasteiger partial charge in [-0.2, -0.15) is 0 Å². The summed E-state index contributed by atoms with van der Waals surface area (Å²) in [5, 5.41) is 18.8. The molecule has 0 bridgehead atoms. The summed E-state index contributed by atoms with van der Waals surface area (Å²) in [7, 11) is 1.53. The minimum Gasteiger partial charge on any atom is -0.491 e. The standard InChI is InChI=1S/C12H18O4/c1-9(13)10-4-3-5-12(6-10)16-8-11(14)7-15-2/h3-6,9,11,13-14H,7-8H2,1-2H3/t9-,11?/m1/s1. The van der Waals surface area contributed by atoms with Crippen molar-refractivity contribution in [3.8, 4) is 5.75 Å². The highest BCUT2D eigenvalue weighted by Gasteiger charge is 2.06. The average molecular weight is 226 g/mol. The zero-order chi connectivity index (χ0) is 12.0. The van der Waals surface area contributed by atoms with Gasteiger partial charge < -0.3 is 19.7 Å². The Labute approximate surface area is 95.4 Å². The average Bonchev–Trinajstić information content (AvgIpc) is 2.27. The summed E-state index contributed by atoms with van der Waals surface area (Å²) in [6.45, 7) is 2.12. The maximum atomic E-state index is 9.39. The van der Waals surface area contributed by atoms with Crippen molar-refractivity contribution in [3.63, 3.8) is 0 Å². The summed E-state index contributed by atoms with van der Waals surface area (Å²) in [6, 6.07) is 7.17. The van der Waals surface area contributed by atoms with Gasteiger partial charge in [0.2, 0.25) is 0 Å². The van der Waals surface area contributed by atoms with Crippen molar-refractivity contribution in [1.82, 2.24) is 0 Å². The van der Waals surface area contributed by atoms with E-state index in [1.165, 1.54) is 7.11 Å². The Morgan fingerprint density at radius 3 is 2.62 bits per heavy atom. The van der Waals surface area contributed by atoms with E-state index in [2.05, 4.69) is 0 Å². The first kappa shape index (κ1) is 13.0. The molecule has 0 aliphatic heterocycles. The van der Waals surface area contributed by atoms with E-state index in [9.17, 15) is 10.2 Å². The van der Waals surface area contributed by atoms with Crippen LogP contribution in [0.1, 0.15) is 18.6 Å². The van der Waals surface area contributed by atoms with Crippen LogP contribution in [0.25, 0.3) is 0 Å². The second-order valence-electron chi connectivity index (χ2n) is 3.67. The van der Waals surface area contributed by atoms with Crippen LogP contribution in [0.2, 0.25) is 0 Å². The number of aliphatic hydroxyl groups excluding tert-OH is 2. The molecule has 16 heavy (non-hydrogen) atoms. The predicted octanol–water partition coefficient (Wildman–Crippen LogP) is 1.13. The molecule has 0 radical (unpaired) electrons. The zero-order valence-electron chi connectivity index (χ0n) is 9.59. The Kier molecular flexibility index (Phi) is 5.25. The van der Waals surface area contributed by atoms with E-state index in [1.54, 1.807) is 25.1 Å². The van der Waals surface area contributed by atoms with Gasteiger partial charge in [0.1, 0.15) is 18.5 Å². The van der Waals surface area contributed by atoms with Crippen molar-refractivity contribution < 1.29 is 19.7 Å². The number of rotatable bonds is 6. The van der Waals surface area contributed by atoms with Crippen LogP contribution in [0.4, 0.5) is 0 Å². The zero-order valence-corrected chi connectivity index (χ0v) is 9.59. The first-order valence-corrected chi connectivity index (χ1v) is 5.21. The molecular weight excluding hydrogens is 208 g/mol. The van der Waals surface area contributed by atoms with Crippen molar-refractivity contribution in [2.75, 3.05) is 20.3 Å². The molecule has 1 rings (SSSR count). The summed E-state index contributed by atoms with van der Waals surface area (Å²) in [5.41, 5.74) is 0.790. The normalized spacial score (nSPS) is 14.5. The summed E-state index contributed by atoms with van der Waals surface area (Å²) >= 11 is 0. The molecule has 90 valence electrons. The molecule has 0 aromatic heterocycles. The van der Waals surface area contributed by atoms with Crippen LogP contribution in [-0.4, -0.2) is 36.6 Å². The largest absolute Gasteiger partial charge is 0.491 e. The van der Waals surface area contributed by atoms with Crippen molar-refractivity contribution in [2.45, 2.75) is 19.1 Å². The van der Waals surface area contributed by atoms with Gasteiger partial charge in [-0.3, -0.25) is 0 Å². The topological polar surface area (TPSA) is 58.9 Å². The van der Waals surface area contributed by atoms with Crippen LogP contribution in [-0.2, 0) is 4.74 Å². The lowest BCUT2D eigenvalue weighted by Crippen LogP contribution is -2.22. The Balaban J connectivity index is 2.50. The van der Waals surface area contributed by atoms with E-state index in [1.807, 2.05) is 6.07 Å². The molecule has 0 heterocycles. The van der Waals surface area contributed by atoms with E-state index < -0.39 is 12.2 Å². The maximum absolute atomic E-state index is 9.39. The fourth-order valence-corrected chi connectivity index (χ4v) is 1.30. The van der Waals surface area contributed by atoms with Crippen LogP contribution in [0.5, 0.6) is 5.75 Å². The molecule has 1 unspecified atom stereocenters. The minimum absolute atomic E-state index is 0.178. The summed E-state index contributed by atoms with van der Waals surface area (Å²) in [4.78, 5) is 0. The van der Waals surface area contributed by atoms with Crippen LogP contribution in [0.15, 0.2) is 24.3 Å². The molecule has 0 saturated heterocycles. The predicted molar refractivity (Wildman–Crippen MR) is 60.5 cm³/mol. The summed E-state index contributed by atoms with van der Waals surface area (Å²) in [6.07, 6.45) is -1.16. The molecule has 1 aromatic rings. The number of ether oxygens (including phenoxy) is 2. The van der Waals surface area contributed by atoms with E-state index in [0.717, 1.165) is 5.56 Å². The lowest BCUT2D eigenvalue weighted by atomic mass is 10.1. The van der Waals surface area contributed by atoms with Gasteiger partial charge >= 0.3 is 0 Å². The van der Waals surface area contributed by atoms with Crippen LogP contribution in [0, 0.1) is 0 Å². The summed E-state index contributed by atoms with van der Waals surface area (Å²) < 4.78 is 10.2. The highest BCUT2D eigenvalue weighted by molar-refractivity contribution is 5.29. The number of methoxy groups -OCH3 is 1. The second kappa shape index (κ2) is 6.48. The van der Waals surface area contributed by atoms with Gasteiger partial charge in [0.05, 0.1) is 12.7 Å². The third kappa shape index (κ3) is 4.18. The molecule has 4 heteroatoms. The lowest BCUT2D eigenvalue weighted by Gasteiger charge is -2.12. The highest BCUT2D eigenvalue weighted by atomic mass is 16.5. The molecule has 0 fully saturated rings. The lowest BCUT2D eigenvalue weighted by molar-refractivity contribution is 0.0325. The molecule has 4 nitrogen and oxygen atoms in total. The molecule has 0 spiro atoms. The van der Waals surface area contributed by atoms with Gasteiger partial charge in [-0.1, -0.05) is 12.1 Å². The van der Waals surface area contributed by atoms with Gasteiger partial charge in [-0.25, -0.2) is 0 Å². The Morgan fingerprint density at radius 1 is 1.25 bits per heavy atom. The molecule has 0 aliphatic carbocycles. The van der Waals surface area contributed by atoms with Gasteiger partial charge in [-0.05, 0) is 24.6 Å². The van der Waals surface area contributed by atoms with E-state index in [4.69, 9.17) is 9.47 Å². The summed E-state index contributed by atoms with van der Waals surface area (Å²) in [5.74, 6) is 0.633. The number of aliphatic hydroxyl groups is 2. The molecule has 1 aromatic carbocycles. The third-order valence-electron chi connectivity index (χ3n) is 2.14. The number of hydrogen-bond donors (Lipinski definition) is 2. The fourth-order valence-electron chi connectivity index (χ4n) is 1.30. The monoisotopic (exact) mass is 226 g/mol. The maximum Gasteiger partial charge on any atom is 0.119 e. The SMILES string of the molecule is COCC(O)COc1cccc([C@@H](C)O)c1. The Hall–Kier alpha value is -1.10. The molecule has 0 aliphatic rings. The van der Waals surface area contributed by atoms with Crippen LogP contribution in [0.3, 0.4) is 0 Å². The second-order valence-corrected chi connectivity index (χ2v) is 3.67. The first-order valence-electron chi connectivity index (χ1n) is 5.21. The quantitative estimate of drug-likeness (QED) is 0.763. The minimum atomic E-state index is -0.639. The van der Waals surface area contributed by atoms with Crippen LogP contribution >= 0.6 is 0 Å². The Bertz CT molecular complexity index is 312. The fraction of sp³-hybridized carbons (Fsp3) is 0.500. The van der Waals surface area contributed by atoms with Crippen molar-refractivity contribution >= 4 is 0 Å². The Morgan fingerprint density at radius 2 is 2.00 bits per heavy atom. The van der Waals surface area contributed by atoms with Gasteiger partial charge in [0.25, 0.3) is 0 Å². The van der Waals surface area contributed by atoms with Crippen LogP contribution < -0.4 is 4.74 Å². The van der Waals surface area contributed by atoms with Crippen molar-refractivity contribution in [1.29, 1.82) is 0 Å². The molecule has 2 N–H and O–H groups in total. The molecule has 0 saturated carbocycles. The number of benzene rings is 1. The highest BCUT2D eigenvalue weighted by Crippen LogP contribution is 2.18. The first-order chi connectivity index (χ1) is 7.63. The van der Waals surface area contributed by atoms with E-state index in [-0.39, 0.29) is 13.2 Å². The van der Waals surface area contributed by atoms with E-state index in [0.29, 0.717) is 5.75 Å². The van der Waals surface area contributed by atoms with Gasteiger partial charge in [0.15, 0.2) is 0 Å².